The van der Waals surface area contributed by atoms with Crippen LogP contribution in [0.3, 0.4) is 0 Å². The van der Waals surface area contributed by atoms with Gasteiger partial charge in [-0.05, 0) is 68.7 Å². The lowest BCUT2D eigenvalue weighted by Gasteiger charge is -2.26. The minimum atomic E-state index is -0.416. The third-order valence-electron chi connectivity index (χ3n) is 5.74. The molecule has 1 aromatic heterocycles. The molecule has 1 fully saturated rings. The molecule has 0 unspecified atom stereocenters. The molecule has 0 bridgehead atoms. The lowest BCUT2D eigenvalue weighted by molar-refractivity contribution is 0.0735. The first-order valence-electron chi connectivity index (χ1n) is 10.3. The molecule has 6 nitrogen and oxygen atoms in total. The number of amides is 1. The number of hydrogen-bond donors (Lipinski definition) is 0. The molecule has 4 rings (SSSR count). The zero-order valence-corrected chi connectivity index (χ0v) is 18.2. The van der Waals surface area contributed by atoms with Gasteiger partial charge in [0.1, 0.15) is 11.5 Å². The number of aromatic nitrogens is 2. The smallest absolute Gasteiger partial charge is 0.254 e. The summed E-state index contributed by atoms with van der Waals surface area (Å²) < 4.78 is 26.9. The van der Waals surface area contributed by atoms with Gasteiger partial charge >= 0.3 is 0 Å². The van der Waals surface area contributed by atoms with E-state index in [1.54, 1.807) is 20.3 Å². The van der Waals surface area contributed by atoms with Crippen molar-refractivity contribution in [1.29, 1.82) is 0 Å². The number of benzene rings is 2. The Balaban J connectivity index is 1.66. The number of rotatable bonds is 5. The average molecular weight is 423 g/mol. The van der Waals surface area contributed by atoms with E-state index in [1.807, 2.05) is 43.0 Å². The summed E-state index contributed by atoms with van der Waals surface area (Å²) in [6.07, 6.45) is 1.75. The zero-order valence-electron chi connectivity index (χ0n) is 18.2. The van der Waals surface area contributed by atoms with Gasteiger partial charge in [-0.25, -0.2) is 9.07 Å². The van der Waals surface area contributed by atoms with E-state index >= 15 is 0 Å². The van der Waals surface area contributed by atoms with Gasteiger partial charge in [0.2, 0.25) is 0 Å². The van der Waals surface area contributed by atoms with E-state index in [0.29, 0.717) is 23.6 Å². The normalized spacial score (nSPS) is 15.9. The highest BCUT2D eigenvalue weighted by molar-refractivity contribution is 5.95. The molecule has 0 radical (unpaired) electrons. The Morgan fingerprint density at radius 1 is 1.06 bits per heavy atom. The van der Waals surface area contributed by atoms with Crippen LogP contribution in [0.15, 0.2) is 42.5 Å². The number of halogens is 1. The second-order valence-electron chi connectivity index (χ2n) is 7.78. The molecule has 31 heavy (non-hydrogen) atoms. The summed E-state index contributed by atoms with van der Waals surface area (Å²) in [5.74, 6) is 0.740. The largest absolute Gasteiger partial charge is 0.493 e. The summed E-state index contributed by atoms with van der Waals surface area (Å²) in [6, 6.07) is 12.0. The topological polar surface area (TPSA) is 56.6 Å². The monoisotopic (exact) mass is 423 g/mol. The lowest BCUT2D eigenvalue weighted by Crippen LogP contribution is -2.30. The van der Waals surface area contributed by atoms with Gasteiger partial charge in [0.25, 0.3) is 5.91 Å². The molecule has 7 heteroatoms. The number of methoxy groups -OCH3 is 2. The average Bonchev–Trinajstić information content (AvgIpc) is 3.39. The van der Waals surface area contributed by atoms with Crippen LogP contribution in [0.4, 0.5) is 4.39 Å². The van der Waals surface area contributed by atoms with Gasteiger partial charge in [-0.1, -0.05) is 6.07 Å². The number of carbonyl (C=O) groups is 1. The van der Waals surface area contributed by atoms with E-state index in [0.717, 1.165) is 29.8 Å². The van der Waals surface area contributed by atoms with E-state index in [4.69, 9.17) is 9.47 Å². The van der Waals surface area contributed by atoms with Crippen LogP contribution < -0.4 is 9.47 Å². The molecule has 1 saturated heterocycles. The van der Waals surface area contributed by atoms with Crippen molar-refractivity contribution < 1.29 is 18.7 Å². The fraction of sp³-hybridized carbons (Fsp3) is 0.333. The third-order valence-corrected chi connectivity index (χ3v) is 5.74. The highest BCUT2D eigenvalue weighted by Crippen LogP contribution is 2.37. The highest BCUT2D eigenvalue weighted by Gasteiger charge is 2.31. The van der Waals surface area contributed by atoms with E-state index in [1.165, 1.54) is 16.8 Å². The molecular weight excluding hydrogens is 397 g/mol. The predicted octanol–water partition coefficient (Wildman–Crippen LogP) is 4.62. The molecule has 0 N–H and O–H groups in total. The number of hydrogen-bond acceptors (Lipinski definition) is 4. The first kappa shape index (κ1) is 20.9. The van der Waals surface area contributed by atoms with Crippen molar-refractivity contribution in [2.75, 3.05) is 20.8 Å². The van der Waals surface area contributed by atoms with Crippen LogP contribution in [0.2, 0.25) is 0 Å². The quantitative estimate of drug-likeness (QED) is 0.601. The van der Waals surface area contributed by atoms with Gasteiger partial charge in [0, 0.05) is 17.8 Å². The van der Waals surface area contributed by atoms with Crippen LogP contribution in [0.5, 0.6) is 11.5 Å². The fourth-order valence-corrected chi connectivity index (χ4v) is 4.26. The van der Waals surface area contributed by atoms with Crippen molar-refractivity contribution in [3.8, 4) is 17.2 Å². The van der Waals surface area contributed by atoms with Crippen molar-refractivity contribution in [1.82, 2.24) is 14.7 Å². The minimum Gasteiger partial charge on any atom is -0.493 e. The van der Waals surface area contributed by atoms with Crippen LogP contribution in [0.1, 0.15) is 46.2 Å². The van der Waals surface area contributed by atoms with E-state index in [2.05, 4.69) is 5.10 Å². The number of nitrogens with zero attached hydrogens (tertiary/aromatic N) is 3. The molecule has 1 aliphatic rings. The van der Waals surface area contributed by atoms with Gasteiger partial charge in [0.05, 0.1) is 26.0 Å². The maximum absolute atomic E-state index is 14.6. The number of carbonyl (C=O) groups excluding carboxylic acids is 1. The van der Waals surface area contributed by atoms with Crippen LogP contribution >= 0.6 is 0 Å². The van der Waals surface area contributed by atoms with Crippen molar-refractivity contribution in [2.24, 2.45) is 0 Å². The fourth-order valence-electron chi connectivity index (χ4n) is 4.26. The zero-order chi connectivity index (χ0) is 22.1. The van der Waals surface area contributed by atoms with E-state index in [9.17, 15) is 9.18 Å². The summed E-state index contributed by atoms with van der Waals surface area (Å²) in [5.41, 5.74) is 3.31. The van der Waals surface area contributed by atoms with Crippen LogP contribution in [0, 0.1) is 19.7 Å². The van der Waals surface area contributed by atoms with E-state index in [-0.39, 0.29) is 17.6 Å². The number of likely N-dealkylation sites (tertiary alicyclic amines) is 1. The first-order chi connectivity index (χ1) is 14.9. The summed E-state index contributed by atoms with van der Waals surface area (Å²) in [7, 11) is 3.19. The Morgan fingerprint density at radius 3 is 2.52 bits per heavy atom. The maximum Gasteiger partial charge on any atom is 0.254 e. The Morgan fingerprint density at radius 2 is 1.84 bits per heavy atom. The lowest BCUT2D eigenvalue weighted by atomic mass is 10.0. The third kappa shape index (κ3) is 3.87. The van der Waals surface area contributed by atoms with Gasteiger partial charge in [-0.15, -0.1) is 0 Å². The predicted molar refractivity (Wildman–Crippen MR) is 116 cm³/mol. The summed E-state index contributed by atoms with van der Waals surface area (Å²) in [4.78, 5) is 15.3. The Labute approximate surface area is 181 Å². The molecule has 1 aliphatic heterocycles. The molecule has 2 aromatic carbocycles. The summed E-state index contributed by atoms with van der Waals surface area (Å²) >= 11 is 0. The van der Waals surface area contributed by atoms with Crippen LogP contribution in [-0.2, 0) is 0 Å². The molecular formula is C24H26FN3O3. The Kier molecular flexibility index (Phi) is 5.67. The second kappa shape index (κ2) is 8.41. The molecule has 1 amide bonds. The molecule has 2 heterocycles. The minimum absolute atomic E-state index is 0.0745. The van der Waals surface area contributed by atoms with Gasteiger partial charge < -0.3 is 14.4 Å². The van der Waals surface area contributed by atoms with E-state index < -0.39 is 5.82 Å². The second-order valence-corrected chi connectivity index (χ2v) is 7.78. The highest BCUT2D eigenvalue weighted by atomic mass is 19.1. The van der Waals surface area contributed by atoms with Gasteiger partial charge in [-0.3, -0.25) is 4.79 Å². The maximum atomic E-state index is 14.6. The van der Waals surface area contributed by atoms with Gasteiger partial charge in [0.15, 0.2) is 11.5 Å². The van der Waals surface area contributed by atoms with Crippen molar-refractivity contribution in [2.45, 2.75) is 32.7 Å². The Bertz CT molecular complexity index is 1130. The summed E-state index contributed by atoms with van der Waals surface area (Å²) in [5, 5.41) is 4.36. The van der Waals surface area contributed by atoms with Crippen LogP contribution in [-0.4, -0.2) is 41.4 Å². The SMILES string of the molecule is COc1ccc([C@H]2CCCN2C(=O)c2ccc(F)c(-n3nc(C)cc3C)c2)cc1OC. The number of aryl methyl sites for hydroxylation is 2. The van der Waals surface area contributed by atoms with Crippen LogP contribution in [0.25, 0.3) is 5.69 Å². The molecule has 162 valence electrons. The van der Waals surface area contributed by atoms with Crippen molar-refractivity contribution >= 4 is 5.91 Å². The Hall–Kier alpha value is -3.35. The molecule has 1 atom stereocenters. The standard InChI is InChI=1S/C24H26FN3O3/c1-15-12-16(2)28(26-15)21-13-18(7-9-19(21)25)24(29)27-11-5-6-20(27)17-8-10-22(30-3)23(14-17)31-4/h7-10,12-14,20H,5-6,11H2,1-4H3/t20-/m1/s1. The van der Waals surface area contributed by atoms with Crippen molar-refractivity contribution in [3.63, 3.8) is 0 Å². The summed E-state index contributed by atoms with van der Waals surface area (Å²) in [6.45, 7) is 4.36. The van der Waals surface area contributed by atoms with Gasteiger partial charge in [-0.2, -0.15) is 5.10 Å². The van der Waals surface area contributed by atoms with Crippen molar-refractivity contribution in [3.05, 3.63) is 70.8 Å². The molecule has 0 saturated carbocycles. The number of ether oxygens (including phenoxy) is 2. The first-order valence-corrected chi connectivity index (χ1v) is 10.3. The molecule has 0 aliphatic carbocycles. The molecule has 0 spiro atoms. The molecule has 3 aromatic rings.